The number of rotatable bonds is 2. The summed E-state index contributed by atoms with van der Waals surface area (Å²) in [5.74, 6) is -0.854. The average molecular weight is 323 g/mol. The van der Waals surface area contributed by atoms with Gasteiger partial charge in [-0.05, 0) is 18.6 Å². The fraction of sp³-hybridized carbons (Fsp3) is 0.200. The highest BCUT2D eigenvalue weighted by atomic mass is 19.4. The van der Waals surface area contributed by atoms with E-state index in [9.17, 15) is 23.1 Å². The molecular formula is C15H12F3N3O2. The summed E-state index contributed by atoms with van der Waals surface area (Å²) >= 11 is 0. The maximum atomic E-state index is 13.3. The van der Waals surface area contributed by atoms with E-state index in [1.807, 2.05) is 0 Å². The fourth-order valence-corrected chi connectivity index (χ4v) is 2.76. The second kappa shape index (κ2) is 5.15. The van der Waals surface area contributed by atoms with Gasteiger partial charge in [-0.25, -0.2) is 9.48 Å². The van der Waals surface area contributed by atoms with Crippen LogP contribution in [0.1, 0.15) is 24.1 Å². The molecule has 2 aromatic rings. The molecule has 0 aliphatic carbocycles. The molecule has 23 heavy (non-hydrogen) atoms. The van der Waals surface area contributed by atoms with Crippen LogP contribution < -0.4 is 5.32 Å². The van der Waals surface area contributed by atoms with E-state index in [-0.39, 0.29) is 16.8 Å². The molecule has 0 spiro atoms. The maximum Gasteiger partial charge on any atom is 0.416 e. The number of alkyl halides is 3. The second-order valence-corrected chi connectivity index (χ2v) is 5.12. The lowest BCUT2D eigenvalue weighted by molar-refractivity contribution is -0.139. The monoisotopic (exact) mass is 323 g/mol. The summed E-state index contributed by atoms with van der Waals surface area (Å²) in [6.45, 7) is 1.52. The Bertz CT molecular complexity index is 808. The van der Waals surface area contributed by atoms with Crippen LogP contribution in [0.4, 0.5) is 19.0 Å². The van der Waals surface area contributed by atoms with Crippen LogP contribution in [-0.2, 0) is 11.0 Å². The Labute approximate surface area is 129 Å². The highest BCUT2D eigenvalue weighted by Gasteiger charge is 2.40. The van der Waals surface area contributed by atoms with Gasteiger partial charge in [0.2, 0.25) is 0 Å². The van der Waals surface area contributed by atoms with E-state index in [0.29, 0.717) is 5.82 Å². The van der Waals surface area contributed by atoms with Gasteiger partial charge in [-0.1, -0.05) is 18.2 Å². The van der Waals surface area contributed by atoms with Gasteiger partial charge in [0, 0.05) is 11.8 Å². The summed E-state index contributed by atoms with van der Waals surface area (Å²) in [4.78, 5) is 11.6. The molecule has 0 saturated heterocycles. The zero-order chi connectivity index (χ0) is 16.8. The number of carbonyl (C=O) groups is 1. The zero-order valence-electron chi connectivity index (χ0n) is 11.9. The third kappa shape index (κ3) is 2.45. The highest BCUT2D eigenvalue weighted by molar-refractivity contribution is 5.91. The van der Waals surface area contributed by atoms with Crippen molar-refractivity contribution in [3.63, 3.8) is 0 Å². The van der Waals surface area contributed by atoms with Crippen molar-refractivity contribution in [3.05, 3.63) is 58.9 Å². The lowest BCUT2D eigenvalue weighted by Gasteiger charge is -2.29. The van der Waals surface area contributed by atoms with Gasteiger partial charge in [-0.2, -0.15) is 18.3 Å². The van der Waals surface area contributed by atoms with Crippen molar-refractivity contribution in [3.8, 4) is 0 Å². The van der Waals surface area contributed by atoms with E-state index in [1.165, 1.54) is 36.0 Å². The lowest BCUT2D eigenvalue weighted by Crippen LogP contribution is -2.29. The van der Waals surface area contributed by atoms with Gasteiger partial charge in [0.1, 0.15) is 11.9 Å². The number of hydrogen-bond acceptors (Lipinski definition) is 3. The summed E-state index contributed by atoms with van der Waals surface area (Å²) in [7, 11) is 0. The van der Waals surface area contributed by atoms with Crippen LogP contribution in [0, 0.1) is 0 Å². The van der Waals surface area contributed by atoms with E-state index in [2.05, 4.69) is 10.4 Å². The molecule has 0 radical (unpaired) electrons. The first-order chi connectivity index (χ1) is 10.8. The summed E-state index contributed by atoms with van der Waals surface area (Å²) in [5.41, 5.74) is -0.909. The Morgan fingerprint density at radius 2 is 2.00 bits per heavy atom. The van der Waals surface area contributed by atoms with Crippen molar-refractivity contribution in [2.45, 2.75) is 19.1 Å². The molecular weight excluding hydrogens is 311 g/mol. The number of benzene rings is 1. The number of anilines is 1. The predicted octanol–water partition coefficient (Wildman–Crippen LogP) is 3.28. The molecule has 0 saturated carbocycles. The number of hydrogen-bond donors (Lipinski definition) is 2. The molecule has 1 aromatic carbocycles. The van der Waals surface area contributed by atoms with Gasteiger partial charge >= 0.3 is 12.1 Å². The number of aromatic nitrogens is 2. The van der Waals surface area contributed by atoms with Gasteiger partial charge in [0.05, 0.1) is 17.3 Å². The summed E-state index contributed by atoms with van der Waals surface area (Å²) in [5, 5.41) is 16.3. The third-order valence-corrected chi connectivity index (χ3v) is 3.70. The number of carboxylic acid groups (broad SMARTS) is 1. The number of carboxylic acids is 1. The number of halogens is 3. The third-order valence-electron chi connectivity index (χ3n) is 3.70. The van der Waals surface area contributed by atoms with Crippen molar-refractivity contribution in [2.75, 3.05) is 5.32 Å². The van der Waals surface area contributed by atoms with Crippen molar-refractivity contribution in [1.82, 2.24) is 9.78 Å². The second-order valence-electron chi connectivity index (χ2n) is 5.12. The summed E-state index contributed by atoms with van der Waals surface area (Å²) in [6.07, 6.45) is -3.18. The Morgan fingerprint density at radius 1 is 1.30 bits per heavy atom. The normalized spacial score (nSPS) is 17.7. The minimum atomic E-state index is -4.59. The molecule has 3 rings (SSSR count). The molecule has 1 atom stereocenters. The first kappa shape index (κ1) is 15.1. The molecule has 0 fully saturated rings. The molecule has 2 heterocycles. The predicted molar refractivity (Wildman–Crippen MR) is 75.8 cm³/mol. The zero-order valence-corrected chi connectivity index (χ0v) is 11.9. The van der Waals surface area contributed by atoms with Gasteiger partial charge in [0.15, 0.2) is 0 Å². The van der Waals surface area contributed by atoms with E-state index in [1.54, 1.807) is 6.07 Å². The number of nitrogens with one attached hydrogen (secondary N) is 1. The number of nitrogens with zero attached hydrogens (tertiary/aromatic N) is 2. The standard InChI is InChI=1S/C15H12F3N3O2/c1-8-12(14(22)23)13(21-11(20-8)6-7-19-21)9-4-2-3-5-10(9)15(16,17)18/h2-7,13,20H,1H3,(H,22,23). The molecule has 120 valence electrons. The van der Waals surface area contributed by atoms with Gasteiger partial charge in [0.25, 0.3) is 0 Å². The van der Waals surface area contributed by atoms with Crippen molar-refractivity contribution < 1.29 is 23.1 Å². The first-order valence-corrected chi connectivity index (χ1v) is 6.71. The Morgan fingerprint density at radius 3 is 2.65 bits per heavy atom. The van der Waals surface area contributed by atoms with Crippen molar-refractivity contribution >= 4 is 11.8 Å². The van der Waals surface area contributed by atoms with Crippen LogP contribution in [0.25, 0.3) is 0 Å². The lowest BCUT2D eigenvalue weighted by atomic mass is 9.92. The van der Waals surface area contributed by atoms with Crippen molar-refractivity contribution in [2.24, 2.45) is 0 Å². The summed E-state index contributed by atoms with van der Waals surface area (Å²) in [6, 6.07) is 5.36. The molecule has 0 bridgehead atoms. The molecule has 1 aliphatic heterocycles. The quantitative estimate of drug-likeness (QED) is 0.890. The first-order valence-electron chi connectivity index (χ1n) is 6.71. The summed E-state index contributed by atoms with van der Waals surface area (Å²) < 4.78 is 41.2. The molecule has 1 aliphatic rings. The van der Waals surface area contributed by atoms with E-state index >= 15 is 0 Å². The van der Waals surface area contributed by atoms with Gasteiger partial charge in [-0.15, -0.1) is 0 Å². The van der Waals surface area contributed by atoms with E-state index < -0.39 is 23.8 Å². The van der Waals surface area contributed by atoms with Crippen LogP contribution in [0.5, 0.6) is 0 Å². The van der Waals surface area contributed by atoms with Crippen LogP contribution >= 0.6 is 0 Å². The van der Waals surface area contributed by atoms with Crippen LogP contribution in [0.15, 0.2) is 47.8 Å². The molecule has 8 heteroatoms. The molecule has 5 nitrogen and oxygen atoms in total. The minimum Gasteiger partial charge on any atom is -0.478 e. The largest absolute Gasteiger partial charge is 0.478 e. The average Bonchev–Trinajstić information content (AvgIpc) is 2.92. The van der Waals surface area contributed by atoms with Crippen LogP contribution in [0.3, 0.4) is 0 Å². The highest BCUT2D eigenvalue weighted by Crippen LogP contribution is 2.41. The molecule has 1 aromatic heterocycles. The van der Waals surface area contributed by atoms with Gasteiger partial charge < -0.3 is 10.4 Å². The fourth-order valence-electron chi connectivity index (χ4n) is 2.76. The van der Waals surface area contributed by atoms with Crippen LogP contribution in [0.2, 0.25) is 0 Å². The molecule has 1 unspecified atom stereocenters. The Kier molecular flexibility index (Phi) is 3.39. The Hall–Kier alpha value is -2.77. The topological polar surface area (TPSA) is 67.1 Å². The number of fused-ring (bicyclic) bond motifs is 1. The van der Waals surface area contributed by atoms with Crippen molar-refractivity contribution in [1.29, 1.82) is 0 Å². The number of aliphatic carboxylic acids is 1. The number of allylic oxidation sites excluding steroid dienone is 1. The smallest absolute Gasteiger partial charge is 0.416 e. The SMILES string of the molecule is CC1=C(C(=O)O)C(c2ccccc2C(F)(F)F)n2nccc2N1. The molecule has 0 amide bonds. The maximum absolute atomic E-state index is 13.3. The minimum absolute atomic E-state index is 0.150. The van der Waals surface area contributed by atoms with E-state index in [0.717, 1.165) is 6.07 Å². The molecule has 2 N–H and O–H groups in total. The van der Waals surface area contributed by atoms with E-state index in [4.69, 9.17) is 0 Å². The Balaban J connectivity index is 2.28. The van der Waals surface area contributed by atoms with Gasteiger partial charge in [-0.3, -0.25) is 0 Å². The van der Waals surface area contributed by atoms with Crippen LogP contribution in [-0.4, -0.2) is 20.9 Å².